The Morgan fingerprint density at radius 3 is 2.72 bits per heavy atom. The van der Waals surface area contributed by atoms with Crippen LogP contribution in [-0.2, 0) is 10.0 Å². The van der Waals surface area contributed by atoms with E-state index in [1.165, 1.54) is 18.2 Å². The van der Waals surface area contributed by atoms with Gasteiger partial charge < -0.3 is 5.32 Å². The first-order valence-electron chi connectivity index (χ1n) is 5.04. The Kier molecular flexibility index (Phi) is 5.24. The van der Waals surface area contributed by atoms with Crippen molar-refractivity contribution in [1.29, 1.82) is 0 Å². The van der Waals surface area contributed by atoms with Gasteiger partial charge in [-0.3, -0.25) is 4.79 Å². The van der Waals surface area contributed by atoms with Crippen LogP contribution in [0.1, 0.15) is 16.8 Å². The molecule has 0 fully saturated rings. The SMILES string of the molecule is NS(=O)(=O)CCCNC(=O)c1cccc(Br)c1F. The fourth-order valence-electron chi connectivity index (χ4n) is 1.25. The van der Waals surface area contributed by atoms with Crippen LogP contribution in [0.4, 0.5) is 4.39 Å². The lowest BCUT2D eigenvalue weighted by Gasteiger charge is -2.06. The number of hydrogen-bond donors (Lipinski definition) is 2. The maximum Gasteiger partial charge on any atom is 0.254 e. The van der Waals surface area contributed by atoms with E-state index in [4.69, 9.17) is 5.14 Å². The van der Waals surface area contributed by atoms with E-state index in [2.05, 4.69) is 21.2 Å². The van der Waals surface area contributed by atoms with Crippen LogP contribution >= 0.6 is 15.9 Å². The number of benzene rings is 1. The monoisotopic (exact) mass is 338 g/mol. The van der Waals surface area contributed by atoms with E-state index >= 15 is 0 Å². The summed E-state index contributed by atoms with van der Waals surface area (Å²) < 4.78 is 35.0. The molecule has 0 heterocycles. The topological polar surface area (TPSA) is 89.3 Å². The summed E-state index contributed by atoms with van der Waals surface area (Å²) in [5.74, 6) is -1.47. The third kappa shape index (κ3) is 4.71. The van der Waals surface area contributed by atoms with Gasteiger partial charge in [0.2, 0.25) is 10.0 Å². The minimum Gasteiger partial charge on any atom is -0.352 e. The van der Waals surface area contributed by atoms with Crippen LogP contribution in [0.3, 0.4) is 0 Å². The van der Waals surface area contributed by atoms with E-state index in [9.17, 15) is 17.6 Å². The highest BCUT2D eigenvalue weighted by molar-refractivity contribution is 9.10. The van der Waals surface area contributed by atoms with Crippen molar-refractivity contribution in [3.05, 3.63) is 34.1 Å². The van der Waals surface area contributed by atoms with Crippen molar-refractivity contribution in [3.8, 4) is 0 Å². The van der Waals surface area contributed by atoms with Gasteiger partial charge >= 0.3 is 0 Å². The van der Waals surface area contributed by atoms with Crippen LogP contribution in [0.2, 0.25) is 0 Å². The zero-order chi connectivity index (χ0) is 13.8. The molecule has 8 heteroatoms. The van der Waals surface area contributed by atoms with E-state index in [-0.39, 0.29) is 28.8 Å². The highest BCUT2D eigenvalue weighted by atomic mass is 79.9. The molecule has 1 rings (SSSR count). The van der Waals surface area contributed by atoms with Crippen LogP contribution in [0, 0.1) is 5.82 Å². The lowest BCUT2D eigenvalue weighted by molar-refractivity contribution is 0.0949. The molecule has 1 aromatic rings. The molecule has 0 saturated carbocycles. The summed E-state index contributed by atoms with van der Waals surface area (Å²) in [5, 5.41) is 7.22. The summed E-state index contributed by atoms with van der Waals surface area (Å²) in [5.41, 5.74) is -0.0972. The van der Waals surface area contributed by atoms with Gasteiger partial charge in [0.15, 0.2) is 0 Å². The standard InChI is InChI=1S/C10H12BrFN2O3S/c11-8-4-1-3-7(9(8)12)10(15)14-5-2-6-18(13,16)17/h1,3-4H,2,5-6H2,(H,14,15)(H2,13,16,17). The minimum absolute atomic E-state index is 0.0972. The number of carbonyl (C=O) groups is 1. The van der Waals surface area contributed by atoms with Gasteiger partial charge in [0.05, 0.1) is 15.8 Å². The van der Waals surface area contributed by atoms with Gasteiger partial charge in [-0.25, -0.2) is 17.9 Å². The summed E-state index contributed by atoms with van der Waals surface area (Å²) in [6, 6.07) is 4.36. The molecular weight excluding hydrogens is 327 g/mol. The second-order valence-corrected chi connectivity index (χ2v) is 6.17. The average molecular weight is 339 g/mol. The van der Waals surface area contributed by atoms with Crippen molar-refractivity contribution in [2.45, 2.75) is 6.42 Å². The van der Waals surface area contributed by atoms with E-state index in [1.54, 1.807) is 0 Å². The maximum absolute atomic E-state index is 13.5. The Hall–Kier alpha value is -0.990. The van der Waals surface area contributed by atoms with Crippen molar-refractivity contribution in [3.63, 3.8) is 0 Å². The Labute approximate surface area is 113 Å². The Bertz CT molecular complexity index is 548. The predicted octanol–water partition coefficient (Wildman–Crippen LogP) is 0.997. The van der Waals surface area contributed by atoms with E-state index in [1.807, 2.05) is 0 Å². The molecule has 100 valence electrons. The molecule has 0 aliphatic rings. The second kappa shape index (κ2) is 6.26. The molecule has 18 heavy (non-hydrogen) atoms. The predicted molar refractivity (Wildman–Crippen MR) is 69.0 cm³/mol. The fourth-order valence-corrected chi connectivity index (χ4v) is 2.16. The highest BCUT2D eigenvalue weighted by Crippen LogP contribution is 2.18. The Balaban J connectivity index is 2.54. The molecule has 3 N–H and O–H groups in total. The zero-order valence-electron chi connectivity index (χ0n) is 9.32. The van der Waals surface area contributed by atoms with E-state index in [0.717, 1.165) is 0 Å². The van der Waals surface area contributed by atoms with Crippen molar-refractivity contribution >= 4 is 31.9 Å². The van der Waals surface area contributed by atoms with Crippen LogP contribution in [0.25, 0.3) is 0 Å². The smallest absolute Gasteiger partial charge is 0.254 e. The number of nitrogens with two attached hydrogens (primary N) is 1. The van der Waals surface area contributed by atoms with Crippen LogP contribution in [0.15, 0.2) is 22.7 Å². The first-order valence-corrected chi connectivity index (χ1v) is 7.55. The number of amides is 1. The van der Waals surface area contributed by atoms with Gasteiger partial charge in [0, 0.05) is 6.54 Å². The largest absolute Gasteiger partial charge is 0.352 e. The Morgan fingerprint density at radius 1 is 1.44 bits per heavy atom. The zero-order valence-corrected chi connectivity index (χ0v) is 11.7. The number of primary sulfonamides is 1. The van der Waals surface area contributed by atoms with Crippen molar-refractivity contribution < 1.29 is 17.6 Å². The molecule has 0 spiro atoms. The maximum atomic E-state index is 13.5. The summed E-state index contributed by atoms with van der Waals surface area (Å²) in [7, 11) is -3.53. The average Bonchev–Trinajstić information content (AvgIpc) is 2.26. The normalized spacial score (nSPS) is 11.3. The molecule has 0 bridgehead atoms. The van der Waals surface area contributed by atoms with Crippen LogP contribution in [0.5, 0.6) is 0 Å². The third-order valence-corrected chi connectivity index (χ3v) is 3.56. The van der Waals surface area contributed by atoms with Gasteiger partial charge in [-0.05, 0) is 34.5 Å². The lowest BCUT2D eigenvalue weighted by Crippen LogP contribution is -2.28. The number of halogens is 2. The van der Waals surface area contributed by atoms with Crippen molar-refractivity contribution in [2.75, 3.05) is 12.3 Å². The molecule has 0 aliphatic heterocycles. The first kappa shape index (κ1) is 15.1. The second-order valence-electron chi connectivity index (χ2n) is 3.58. The van der Waals surface area contributed by atoms with Gasteiger partial charge in [-0.2, -0.15) is 0 Å². The van der Waals surface area contributed by atoms with E-state index < -0.39 is 21.7 Å². The molecule has 0 unspecified atom stereocenters. The summed E-state index contributed by atoms with van der Waals surface area (Å²) in [6.45, 7) is 0.112. The molecule has 1 amide bonds. The third-order valence-electron chi connectivity index (χ3n) is 2.09. The molecule has 0 radical (unpaired) electrons. The van der Waals surface area contributed by atoms with Gasteiger partial charge in [-0.1, -0.05) is 6.07 Å². The highest BCUT2D eigenvalue weighted by Gasteiger charge is 2.13. The fraction of sp³-hybridized carbons (Fsp3) is 0.300. The number of sulfonamides is 1. The number of hydrogen-bond acceptors (Lipinski definition) is 3. The quantitative estimate of drug-likeness (QED) is 0.784. The van der Waals surface area contributed by atoms with Gasteiger partial charge in [0.25, 0.3) is 5.91 Å². The number of nitrogens with one attached hydrogen (secondary N) is 1. The molecule has 1 aromatic carbocycles. The van der Waals surface area contributed by atoms with Crippen molar-refractivity contribution in [2.24, 2.45) is 5.14 Å². The van der Waals surface area contributed by atoms with Crippen LogP contribution < -0.4 is 10.5 Å². The van der Waals surface area contributed by atoms with Gasteiger partial charge in [0.1, 0.15) is 5.82 Å². The summed E-state index contributed by atoms with van der Waals surface area (Å²) >= 11 is 2.97. The molecule has 0 saturated heterocycles. The number of rotatable bonds is 5. The lowest BCUT2D eigenvalue weighted by atomic mass is 10.2. The molecule has 0 aromatic heterocycles. The van der Waals surface area contributed by atoms with Gasteiger partial charge in [-0.15, -0.1) is 0 Å². The van der Waals surface area contributed by atoms with Crippen molar-refractivity contribution in [1.82, 2.24) is 5.32 Å². The molecule has 5 nitrogen and oxygen atoms in total. The van der Waals surface area contributed by atoms with E-state index in [0.29, 0.717) is 0 Å². The first-order chi connectivity index (χ1) is 8.31. The summed E-state index contributed by atoms with van der Waals surface area (Å²) in [6.07, 6.45) is 0.181. The minimum atomic E-state index is -3.53. The molecule has 0 aliphatic carbocycles. The van der Waals surface area contributed by atoms with Crippen LogP contribution in [-0.4, -0.2) is 26.6 Å². The molecular formula is C10H12BrFN2O3S. The Morgan fingerprint density at radius 2 is 2.11 bits per heavy atom. The summed E-state index contributed by atoms with van der Waals surface area (Å²) in [4.78, 5) is 11.6. The number of carbonyl (C=O) groups excluding carboxylic acids is 1. The molecule has 0 atom stereocenters.